The van der Waals surface area contributed by atoms with Gasteiger partial charge in [-0.1, -0.05) is 18.9 Å². The minimum Gasteiger partial charge on any atom is -0.481 e. The monoisotopic (exact) mass is 270 g/mol. The van der Waals surface area contributed by atoms with Crippen LogP contribution >= 0.6 is 0 Å². The van der Waals surface area contributed by atoms with Crippen molar-refractivity contribution in [2.75, 3.05) is 11.9 Å². The van der Waals surface area contributed by atoms with E-state index in [1.165, 1.54) is 4.80 Å². The van der Waals surface area contributed by atoms with E-state index >= 15 is 0 Å². The van der Waals surface area contributed by atoms with Crippen LogP contribution in [0.3, 0.4) is 0 Å². The molecule has 1 heterocycles. The van der Waals surface area contributed by atoms with Crippen LogP contribution in [-0.2, 0) is 11.8 Å². The second-order valence-electron chi connectivity index (χ2n) is 4.20. The van der Waals surface area contributed by atoms with Gasteiger partial charge in [-0.25, -0.2) is 4.79 Å². The van der Waals surface area contributed by atoms with E-state index in [2.05, 4.69) is 26.0 Å². The van der Waals surface area contributed by atoms with E-state index in [0.717, 1.165) is 0 Å². The van der Waals surface area contributed by atoms with Crippen LogP contribution in [-0.4, -0.2) is 43.9 Å². The standard InChI is InChI=1S/C10H18N6O3/c1-4-10(5-2,7(17)18)6-11-9(19)12-8-13-15-16(3)14-8/h4-6H2,1-3H3,(H,17,18)(H2,11,12,14,19). The number of urea groups is 1. The van der Waals surface area contributed by atoms with Gasteiger partial charge in [-0.3, -0.25) is 10.1 Å². The molecule has 0 aliphatic rings. The summed E-state index contributed by atoms with van der Waals surface area (Å²) < 4.78 is 0. The van der Waals surface area contributed by atoms with Crippen LogP contribution in [0.2, 0.25) is 0 Å². The minimum atomic E-state index is -0.951. The Morgan fingerprint density at radius 3 is 2.42 bits per heavy atom. The third kappa shape index (κ3) is 3.63. The molecule has 19 heavy (non-hydrogen) atoms. The molecule has 1 rings (SSSR count). The predicted molar refractivity (Wildman–Crippen MR) is 66.5 cm³/mol. The summed E-state index contributed by atoms with van der Waals surface area (Å²) >= 11 is 0. The molecule has 0 radical (unpaired) electrons. The summed E-state index contributed by atoms with van der Waals surface area (Å²) in [5, 5.41) is 25.0. The van der Waals surface area contributed by atoms with Crippen LogP contribution in [0.5, 0.6) is 0 Å². The van der Waals surface area contributed by atoms with E-state index in [9.17, 15) is 14.7 Å². The average Bonchev–Trinajstić information content (AvgIpc) is 2.76. The molecular weight excluding hydrogens is 252 g/mol. The highest BCUT2D eigenvalue weighted by molar-refractivity contribution is 5.87. The van der Waals surface area contributed by atoms with Crippen molar-refractivity contribution in [2.24, 2.45) is 12.5 Å². The van der Waals surface area contributed by atoms with Crippen molar-refractivity contribution in [2.45, 2.75) is 26.7 Å². The maximum absolute atomic E-state index is 11.6. The fourth-order valence-electron chi connectivity index (χ4n) is 1.61. The van der Waals surface area contributed by atoms with Crippen molar-refractivity contribution >= 4 is 17.9 Å². The number of nitrogens with one attached hydrogen (secondary N) is 2. The molecule has 0 bridgehead atoms. The smallest absolute Gasteiger partial charge is 0.321 e. The van der Waals surface area contributed by atoms with Gasteiger partial charge in [0.2, 0.25) is 0 Å². The summed E-state index contributed by atoms with van der Waals surface area (Å²) in [6.07, 6.45) is 0.866. The van der Waals surface area contributed by atoms with Crippen LogP contribution in [0, 0.1) is 5.41 Å². The number of aryl methyl sites for hydroxylation is 1. The first-order chi connectivity index (χ1) is 8.93. The van der Waals surface area contributed by atoms with Gasteiger partial charge in [0.15, 0.2) is 0 Å². The number of anilines is 1. The van der Waals surface area contributed by atoms with Crippen molar-refractivity contribution in [1.29, 1.82) is 0 Å². The van der Waals surface area contributed by atoms with Crippen molar-refractivity contribution in [3.05, 3.63) is 0 Å². The summed E-state index contributed by atoms with van der Waals surface area (Å²) in [7, 11) is 1.57. The highest BCUT2D eigenvalue weighted by atomic mass is 16.4. The molecular formula is C10H18N6O3. The first kappa shape index (κ1) is 14.9. The molecule has 106 valence electrons. The number of carboxylic acid groups (broad SMARTS) is 1. The number of carboxylic acids is 1. The van der Waals surface area contributed by atoms with Gasteiger partial charge in [-0.05, 0) is 18.1 Å². The molecule has 0 aromatic carbocycles. The Morgan fingerprint density at radius 1 is 1.37 bits per heavy atom. The third-order valence-corrected chi connectivity index (χ3v) is 3.13. The van der Waals surface area contributed by atoms with E-state index in [-0.39, 0.29) is 12.5 Å². The van der Waals surface area contributed by atoms with Crippen LogP contribution in [0.1, 0.15) is 26.7 Å². The Balaban J connectivity index is 2.55. The van der Waals surface area contributed by atoms with Gasteiger partial charge in [0.05, 0.1) is 12.5 Å². The normalized spacial score (nSPS) is 11.1. The number of hydrogen-bond acceptors (Lipinski definition) is 5. The van der Waals surface area contributed by atoms with Crippen molar-refractivity contribution in [3.63, 3.8) is 0 Å². The maximum atomic E-state index is 11.6. The fourth-order valence-corrected chi connectivity index (χ4v) is 1.61. The molecule has 3 N–H and O–H groups in total. The maximum Gasteiger partial charge on any atom is 0.321 e. The second kappa shape index (κ2) is 6.12. The predicted octanol–water partition coefficient (Wildman–Crippen LogP) is 0.223. The van der Waals surface area contributed by atoms with E-state index < -0.39 is 17.4 Å². The highest BCUT2D eigenvalue weighted by Crippen LogP contribution is 2.25. The number of aromatic nitrogens is 4. The van der Waals surface area contributed by atoms with Crippen LogP contribution in [0.4, 0.5) is 10.7 Å². The second-order valence-corrected chi connectivity index (χ2v) is 4.20. The lowest BCUT2D eigenvalue weighted by atomic mass is 9.82. The highest BCUT2D eigenvalue weighted by Gasteiger charge is 2.35. The zero-order valence-electron chi connectivity index (χ0n) is 11.2. The minimum absolute atomic E-state index is 0.0431. The summed E-state index contributed by atoms with van der Waals surface area (Å²) in [4.78, 5) is 24.0. The Morgan fingerprint density at radius 2 is 2.00 bits per heavy atom. The van der Waals surface area contributed by atoms with Gasteiger partial charge in [0, 0.05) is 6.54 Å². The van der Waals surface area contributed by atoms with Gasteiger partial charge >= 0.3 is 12.0 Å². The first-order valence-corrected chi connectivity index (χ1v) is 5.95. The quantitative estimate of drug-likeness (QED) is 0.679. The van der Waals surface area contributed by atoms with E-state index in [0.29, 0.717) is 12.8 Å². The molecule has 0 atom stereocenters. The number of aliphatic carboxylic acids is 1. The first-order valence-electron chi connectivity index (χ1n) is 5.95. The fraction of sp³-hybridized carbons (Fsp3) is 0.700. The number of hydrogen-bond donors (Lipinski definition) is 3. The van der Waals surface area contributed by atoms with Crippen molar-refractivity contribution in [1.82, 2.24) is 25.5 Å². The molecule has 9 nitrogen and oxygen atoms in total. The van der Waals surface area contributed by atoms with E-state index in [4.69, 9.17) is 0 Å². The Bertz CT molecular complexity index is 454. The lowest BCUT2D eigenvalue weighted by Crippen LogP contribution is -2.43. The molecule has 1 aromatic rings. The van der Waals surface area contributed by atoms with E-state index in [1.54, 1.807) is 20.9 Å². The van der Waals surface area contributed by atoms with Gasteiger partial charge < -0.3 is 10.4 Å². The lowest BCUT2D eigenvalue weighted by Gasteiger charge is -2.26. The summed E-state index contributed by atoms with van der Waals surface area (Å²) in [6.45, 7) is 3.60. The number of carbonyl (C=O) groups is 2. The summed E-state index contributed by atoms with van der Waals surface area (Å²) in [5.41, 5.74) is -0.951. The number of tetrazole rings is 1. The van der Waals surface area contributed by atoms with Crippen molar-refractivity contribution in [3.8, 4) is 0 Å². The van der Waals surface area contributed by atoms with Gasteiger partial charge in [-0.2, -0.15) is 4.80 Å². The third-order valence-electron chi connectivity index (χ3n) is 3.13. The zero-order chi connectivity index (χ0) is 14.5. The molecule has 1 aromatic heterocycles. The molecule has 0 aliphatic heterocycles. The molecule has 0 aliphatic carbocycles. The average molecular weight is 270 g/mol. The molecule has 0 fully saturated rings. The number of amides is 2. The van der Waals surface area contributed by atoms with Gasteiger partial charge in [0.25, 0.3) is 5.95 Å². The Hall–Kier alpha value is -2.19. The van der Waals surface area contributed by atoms with E-state index in [1.807, 2.05) is 0 Å². The number of nitrogens with zero attached hydrogens (tertiary/aromatic N) is 4. The molecule has 0 spiro atoms. The molecule has 0 unspecified atom stereocenters. The van der Waals surface area contributed by atoms with Gasteiger partial charge in [0.1, 0.15) is 0 Å². The Labute approximate surface area is 110 Å². The van der Waals surface area contributed by atoms with Crippen LogP contribution < -0.4 is 10.6 Å². The Kier molecular flexibility index (Phi) is 4.79. The summed E-state index contributed by atoms with van der Waals surface area (Å²) in [5.74, 6) is -0.857. The summed E-state index contributed by atoms with van der Waals surface area (Å²) in [6, 6.07) is -0.555. The topological polar surface area (TPSA) is 122 Å². The lowest BCUT2D eigenvalue weighted by molar-refractivity contribution is -0.149. The molecule has 2 amide bonds. The molecule has 0 saturated heterocycles. The van der Waals surface area contributed by atoms with Crippen molar-refractivity contribution < 1.29 is 14.7 Å². The van der Waals surface area contributed by atoms with Crippen LogP contribution in [0.15, 0.2) is 0 Å². The van der Waals surface area contributed by atoms with Gasteiger partial charge in [-0.15, -0.1) is 5.10 Å². The zero-order valence-corrected chi connectivity index (χ0v) is 11.2. The SMILES string of the molecule is CCC(CC)(CNC(=O)Nc1nnn(C)n1)C(=O)O. The number of carbonyl (C=O) groups excluding carboxylic acids is 1. The van der Waals surface area contributed by atoms with Crippen LogP contribution in [0.25, 0.3) is 0 Å². The largest absolute Gasteiger partial charge is 0.481 e. The molecule has 9 heteroatoms. The number of rotatable bonds is 6. The molecule has 0 saturated carbocycles.